The number of hydrogen-bond acceptors (Lipinski definition) is 1. The zero-order valence-corrected chi connectivity index (χ0v) is 4.37. The molecule has 1 atom stereocenters. The summed E-state index contributed by atoms with van der Waals surface area (Å²) < 4.78 is 0. The van der Waals surface area contributed by atoms with E-state index >= 15 is 0 Å². The van der Waals surface area contributed by atoms with Gasteiger partial charge in [-0.15, -0.1) is 11.6 Å². The lowest BCUT2D eigenvalue weighted by Crippen LogP contribution is -1.94. The molecule has 3 heteroatoms. The molecule has 0 saturated carbocycles. The summed E-state index contributed by atoms with van der Waals surface area (Å²) in [4.78, 5) is 0. The van der Waals surface area contributed by atoms with Gasteiger partial charge in [0, 0.05) is 0 Å². The molecule has 0 heterocycles. The third-order valence-corrected chi connectivity index (χ3v) is 0.390. The normalized spacial score (nSPS) is 12.5. The van der Waals surface area contributed by atoms with Crippen LogP contribution in [-0.4, -0.2) is 22.6 Å². The highest BCUT2D eigenvalue weighted by atomic mass is 35.5. The molecule has 6 heavy (non-hydrogen) atoms. The first-order valence-corrected chi connectivity index (χ1v) is 1.96. The smallest absolute Gasteiger partial charge is 0.0592 e. The molecule has 40 valence electrons. The van der Waals surface area contributed by atoms with Gasteiger partial charge in [-0.2, -0.15) is 0 Å². The molecule has 3 N–H and O–H groups in total. The van der Waals surface area contributed by atoms with E-state index in [1.807, 2.05) is 0 Å². The third kappa shape index (κ3) is 8.88. The van der Waals surface area contributed by atoms with Crippen LogP contribution in [-0.2, 0) is 0 Å². The van der Waals surface area contributed by atoms with Crippen LogP contribution in [0.25, 0.3) is 0 Å². The van der Waals surface area contributed by atoms with Gasteiger partial charge in [-0.3, -0.25) is 0 Å². The fourth-order valence-corrected chi connectivity index (χ4v) is 0. The maximum absolute atomic E-state index is 8.01. The first-order valence-electron chi connectivity index (χ1n) is 1.52. The van der Waals surface area contributed by atoms with Gasteiger partial charge < -0.3 is 10.6 Å². The average Bonchev–Trinajstić information content (AvgIpc) is 1.38. The summed E-state index contributed by atoms with van der Waals surface area (Å²) >= 11 is 5.21. The Hall–Kier alpha value is 0.210. The minimum absolute atomic E-state index is 0. The molecule has 0 bridgehead atoms. The van der Waals surface area contributed by atoms with Gasteiger partial charge in [-0.1, -0.05) is 0 Å². The van der Waals surface area contributed by atoms with E-state index < -0.39 is 0 Å². The van der Waals surface area contributed by atoms with Crippen molar-refractivity contribution in [1.82, 2.24) is 0 Å². The van der Waals surface area contributed by atoms with Crippen LogP contribution in [0.15, 0.2) is 0 Å². The van der Waals surface area contributed by atoms with E-state index in [1.54, 1.807) is 6.92 Å². The van der Waals surface area contributed by atoms with Crippen LogP contribution in [0.3, 0.4) is 0 Å². The van der Waals surface area contributed by atoms with Crippen molar-refractivity contribution in [2.75, 3.05) is 6.61 Å². The second-order valence-electron chi connectivity index (χ2n) is 0.963. The first kappa shape index (κ1) is 9.51. The van der Waals surface area contributed by atoms with E-state index in [0.29, 0.717) is 0 Å². The summed E-state index contributed by atoms with van der Waals surface area (Å²) in [7, 11) is 0. The van der Waals surface area contributed by atoms with Crippen molar-refractivity contribution in [3.8, 4) is 0 Å². The Labute approximate surface area is 42.0 Å². The molecule has 0 aromatic carbocycles. The van der Waals surface area contributed by atoms with Gasteiger partial charge in [0.25, 0.3) is 0 Å². The van der Waals surface area contributed by atoms with E-state index in [1.165, 1.54) is 0 Å². The fraction of sp³-hybridized carbons (Fsp3) is 1.00. The average molecular weight is 113 g/mol. The number of rotatable bonds is 1. The topological polar surface area (TPSA) is 51.7 Å². The molecule has 0 aromatic rings. The Morgan fingerprint density at radius 2 is 2.00 bits per heavy atom. The second-order valence-corrected chi connectivity index (χ2v) is 1.71. The SMILES string of the molecule is CC(Cl)CO.O. The Bertz CT molecular complexity index is 22.8. The Balaban J connectivity index is 0. The summed E-state index contributed by atoms with van der Waals surface area (Å²) in [5, 5.41) is 7.92. The number of aliphatic hydroxyl groups is 1. The predicted octanol–water partition coefficient (Wildman–Crippen LogP) is -0.219. The van der Waals surface area contributed by atoms with Gasteiger partial charge in [-0.25, -0.2) is 0 Å². The van der Waals surface area contributed by atoms with Crippen LogP contribution < -0.4 is 0 Å². The molecule has 0 aliphatic carbocycles. The van der Waals surface area contributed by atoms with Crippen molar-refractivity contribution in [1.29, 1.82) is 0 Å². The highest BCUT2D eigenvalue weighted by Crippen LogP contribution is 1.86. The van der Waals surface area contributed by atoms with Crippen molar-refractivity contribution >= 4 is 11.6 Å². The molecule has 0 spiro atoms. The fourth-order valence-electron chi connectivity index (χ4n) is 0. The largest absolute Gasteiger partial charge is 0.412 e. The standard InChI is InChI=1S/C3H7ClO.H2O/c1-3(4)2-5;/h3,5H,2H2,1H3;1H2. The summed E-state index contributed by atoms with van der Waals surface area (Å²) in [6.07, 6.45) is 0. The number of halogens is 1. The van der Waals surface area contributed by atoms with Crippen LogP contribution in [0, 0.1) is 0 Å². The molecular weight excluding hydrogens is 103 g/mol. The molecule has 0 radical (unpaired) electrons. The maximum Gasteiger partial charge on any atom is 0.0592 e. The summed E-state index contributed by atoms with van der Waals surface area (Å²) in [5.41, 5.74) is 0. The molecule has 0 aromatic heterocycles. The van der Waals surface area contributed by atoms with E-state index in [-0.39, 0.29) is 17.5 Å². The monoisotopic (exact) mass is 112 g/mol. The maximum atomic E-state index is 8.01. The quantitative estimate of drug-likeness (QED) is 0.469. The Morgan fingerprint density at radius 1 is 1.83 bits per heavy atom. The second kappa shape index (κ2) is 5.21. The molecular formula is C3H9ClO2. The van der Waals surface area contributed by atoms with Gasteiger partial charge in [-0.05, 0) is 6.92 Å². The molecule has 0 fully saturated rings. The van der Waals surface area contributed by atoms with Crippen molar-refractivity contribution in [3.63, 3.8) is 0 Å². The first-order chi connectivity index (χ1) is 2.27. The lowest BCUT2D eigenvalue weighted by atomic mass is 10.5. The van der Waals surface area contributed by atoms with Gasteiger partial charge in [0.15, 0.2) is 0 Å². The molecule has 1 unspecified atom stereocenters. The van der Waals surface area contributed by atoms with Crippen molar-refractivity contribution in [2.45, 2.75) is 12.3 Å². The number of alkyl halides is 1. The molecule has 0 aliphatic heterocycles. The van der Waals surface area contributed by atoms with E-state index in [9.17, 15) is 0 Å². The van der Waals surface area contributed by atoms with Crippen LogP contribution in [0.4, 0.5) is 0 Å². The zero-order chi connectivity index (χ0) is 4.28. The van der Waals surface area contributed by atoms with Gasteiger partial charge in [0.1, 0.15) is 0 Å². The molecule has 0 aliphatic rings. The predicted molar refractivity (Wildman–Crippen MR) is 26.0 cm³/mol. The van der Waals surface area contributed by atoms with E-state index in [2.05, 4.69) is 0 Å². The van der Waals surface area contributed by atoms with Crippen LogP contribution in [0.2, 0.25) is 0 Å². The number of aliphatic hydroxyl groups excluding tert-OH is 1. The summed E-state index contributed by atoms with van der Waals surface area (Å²) in [5.74, 6) is 0. The van der Waals surface area contributed by atoms with Gasteiger partial charge in [0.2, 0.25) is 0 Å². The van der Waals surface area contributed by atoms with Crippen LogP contribution in [0.5, 0.6) is 0 Å². The molecule has 0 rings (SSSR count). The van der Waals surface area contributed by atoms with Gasteiger partial charge >= 0.3 is 0 Å². The molecule has 2 nitrogen and oxygen atoms in total. The minimum Gasteiger partial charge on any atom is -0.412 e. The van der Waals surface area contributed by atoms with Crippen molar-refractivity contribution < 1.29 is 10.6 Å². The van der Waals surface area contributed by atoms with Crippen molar-refractivity contribution in [2.24, 2.45) is 0 Å². The summed E-state index contributed by atoms with van der Waals surface area (Å²) in [6, 6.07) is 0. The van der Waals surface area contributed by atoms with Crippen molar-refractivity contribution in [3.05, 3.63) is 0 Å². The van der Waals surface area contributed by atoms with Crippen LogP contribution in [0.1, 0.15) is 6.92 Å². The highest BCUT2D eigenvalue weighted by molar-refractivity contribution is 6.20. The summed E-state index contributed by atoms with van der Waals surface area (Å²) in [6.45, 7) is 1.81. The number of hydrogen-bond donors (Lipinski definition) is 1. The van der Waals surface area contributed by atoms with E-state index in [4.69, 9.17) is 16.7 Å². The lowest BCUT2D eigenvalue weighted by molar-refractivity contribution is 0.298. The van der Waals surface area contributed by atoms with Gasteiger partial charge in [0.05, 0.1) is 12.0 Å². The minimum atomic E-state index is -0.0880. The van der Waals surface area contributed by atoms with Crippen LogP contribution >= 0.6 is 11.6 Å². The lowest BCUT2D eigenvalue weighted by Gasteiger charge is -1.87. The highest BCUT2D eigenvalue weighted by Gasteiger charge is 1.84. The Kier molecular flexibility index (Phi) is 8.26. The molecule has 0 amide bonds. The Morgan fingerprint density at radius 3 is 2.00 bits per heavy atom. The molecule has 0 saturated heterocycles. The zero-order valence-electron chi connectivity index (χ0n) is 3.61. The van der Waals surface area contributed by atoms with E-state index in [0.717, 1.165) is 0 Å². The third-order valence-electron chi connectivity index (χ3n) is 0.252.